The lowest BCUT2D eigenvalue weighted by molar-refractivity contribution is 0.475. The molecule has 0 spiro atoms. The second-order valence-electron chi connectivity index (χ2n) is 3.43. The Morgan fingerprint density at radius 2 is 1.83 bits per heavy atom. The third kappa shape index (κ3) is 2.26. The molecule has 0 aliphatic heterocycles. The fourth-order valence-electron chi connectivity index (χ4n) is 1.35. The molecule has 6 N–H and O–H groups in total. The number of aromatic hydroxyl groups is 1. The molecular formula is C10H10N6O2. The normalized spacial score (nSPS) is 10.0. The number of anilines is 4. The van der Waals surface area contributed by atoms with Gasteiger partial charge in [0.25, 0.3) is 0 Å². The number of nitrogens with two attached hydrogens (primary N) is 2. The maximum atomic E-state index is 10.7. The molecule has 0 saturated carbocycles. The van der Waals surface area contributed by atoms with Crippen molar-refractivity contribution in [3.05, 3.63) is 29.2 Å². The molecule has 1 aromatic heterocycles. The van der Waals surface area contributed by atoms with Crippen molar-refractivity contribution >= 4 is 29.0 Å². The largest absolute Gasteiger partial charge is 0.508 e. The van der Waals surface area contributed by atoms with Crippen LogP contribution in [0.15, 0.2) is 29.4 Å². The Balaban J connectivity index is 2.39. The second-order valence-corrected chi connectivity index (χ2v) is 3.43. The molecule has 0 amide bonds. The number of phenolic OH excluding ortho intramolecular Hbond substituents is 1. The van der Waals surface area contributed by atoms with Gasteiger partial charge in [-0.25, -0.2) is 0 Å². The van der Waals surface area contributed by atoms with Gasteiger partial charge in [-0.1, -0.05) is 0 Å². The van der Waals surface area contributed by atoms with Crippen LogP contribution < -0.4 is 16.8 Å². The summed E-state index contributed by atoms with van der Waals surface area (Å²) in [5.41, 5.74) is 11.4. The van der Waals surface area contributed by atoms with E-state index in [0.29, 0.717) is 5.69 Å². The molecular weight excluding hydrogens is 236 g/mol. The molecule has 0 atom stereocenters. The summed E-state index contributed by atoms with van der Waals surface area (Å²) >= 11 is 0. The number of phenols is 1. The van der Waals surface area contributed by atoms with Gasteiger partial charge in [-0.05, 0) is 29.4 Å². The van der Waals surface area contributed by atoms with Crippen molar-refractivity contribution in [2.45, 2.75) is 0 Å². The standard InChI is InChI=1S/C10H10N6O2/c11-8-7(16-18)9(15-10(12)14-8)13-5-1-3-6(17)4-2-5/h1-4,17H,(H5,11,12,13,14,15). The maximum Gasteiger partial charge on any atom is 0.224 e. The summed E-state index contributed by atoms with van der Waals surface area (Å²) in [5.74, 6) is 0.0663. The number of benzene rings is 1. The zero-order chi connectivity index (χ0) is 13.1. The SMILES string of the molecule is Nc1nc(N)c(N=O)c(Nc2ccc(O)cc2)n1. The van der Waals surface area contributed by atoms with Crippen LogP contribution in [0.3, 0.4) is 0 Å². The van der Waals surface area contributed by atoms with E-state index in [1.54, 1.807) is 12.1 Å². The van der Waals surface area contributed by atoms with Gasteiger partial charge in [0.2, 0.25) is 5.95 Å². The van der Waals surface area contributed by atoms with Crippen molar-refractivity contribution in [1.29, 1.82) is 0 Å². The first-order chi connectivity index (χ1) is 8.60. The topological polar surface area (TPSA) is 140 Å². The van der Waals surface area contributed by atoms with Crippen LogP contribution in [0.25, 0.3) is 0 Å². The van der Waals surface area contributed by atoms with E-state index in [0.717, 1.165) is 0 Å². The van der Waals surface area contributed by atoms with Gasteiger partial charge in [0.05, 0.1) is 0 Å². The number of nitrogens with one attached hydrogen (secondary N) is 1. The number of hydrogen-bond acceptors (Lipinski definition) is 8. The highest BCUT2D eigenvalue weighted by Gasteiger charge is 2.12. The van der Waals surface area contributed by atoms with E-state index < -0.39 is 0 Å². The first-order valence-electron chi connectivity index (χ1n) is 4.92. The minimum absolute atomic E-state index is 0.0684. The number of nitrogens with zero attached hydrogens (tertiary/aromatic N) is 3. The van der Waals surface area contributed by atoms with Crippen molar-refractivity contribution in [3.8, 4) is 5.75 Å². The van der Waals surface area contributed by atoms with Crippen LogP contribution in [0.1, 0.15) is 0 Å². The fraction of sp³-hybridized carbons (Fsp3) is 0. The van der Waals surface area contributed by atoms with E-state index in [1.165, 1.54) is 12.1 Å². The Kier molecular flexibility index (Phi) is 2.92. The number of aromatic nitrogens is 2. The van der Waals surface area contributed by atoms with E-state index in [4.69, 9.17) is 16.6 Å². The summed E-state index contributed by atoms with van der Waals surface area (Å²) in [7, 11) is 0. The third-order valence-corrected chi connectivity index (χ3v) is 2.15. The van der Waals surface area contributed by atoms with Crippen molar-refractivity contribution < 1.29 is 5.11 Å². The smallest absolute Gasteiger partial charge is 0.224 e. The van der Waals surface area contributed by atoms with Gasteiger partial charge in [0, 0.05) is 5.69 Å². The van der Waals surface area contributed by atoms with Crippen molar-refractivity contribution in [3.63, 3.8) is 0 Å². The zero-order valence-electron chi connectivity index (χ0n) is 9.16. The second kappa shape index (κ2) is 4.53. The molecule has 0 radical (unpaired) electrons. The highest BCUT2D eigenvalue weighted by atomic mass is 16.3. The number of hydrogen-bond donors (Lipinski definition) is 4. The van der Waals surface area contributed by atoms with Crippen LogP contribution in [0, 0.1) is 4.91 Å². The van der Waals surface area contributed by atoms with Crippen LogP contribution in [-0.4, -0.2) is 15.1 Å². The first kappa shape index (κ1) is 11.6. The summed E-state index contributed by atoms with van der Waals surface area (Å²) in [6.45, 7) is 0. The number of nitrogen functional groups attached to an aromatic ring is 2. The van der Waals surface area contributed by atoms with Gasteiger partial charge < -0.3 is 21.9 Å². The summed E-state index contributed by atoms with van der Waals surface area (Å²) < 4.78 is 0. The zero-order valence-corrected chi connectivity index (χ0v) is 9.16. The number of nitroso groups, excluding NO2 is 1. The Bertz CT molecular complexity index is 584. The average molecular weight is 246 g/mol. The van der Waals surface area contributed by atoms with Crippen LogP contribution in [0.2, 0.25) is 0 Å². The molecule has 2 aromatic rings. The molecule has 8 heteroatoms. The average Bonchev–Trinajstić information content (AvgIpc) is 2.32. The quantitative estimate of drug-likeness (QED) is 0.475. The molecule has 92 valence electrons. The van der Waals surface area contributed by atoms with Crippen molar-refractivity contribution in [2.75, 3.05) is 16.8 Å². The predicted octanol–water partition coefficient (Wildman–Crippen LogP) is 1.49. The van der Waals surface area contributed by atoms with E-state index >= 15 is 0 Å². The summed E-state index contributed by atoms with van der Waals surface area (Å²) in [6, 6.07) is 6.14. The molecule has 0 unspecified atom stereocenters. The van der Waals surface area contributed by atoms with Gasteiger partial charge >= 0.3 is 0 Å². The Morgan fingerprint density at radius 3 is 2.44 bits per heavy atom. The van der Waals surface area contributed by atoms with Crippen molar-refractivity contribution in [1.82, 2.24) is 9.97 Å². The molecule has 0 aliphatic carbocycles. The lowest BCUT2D eigenvalue weighted by Crippen LogP contribution is -2.04. The minimum Gasteiger partial charge on any atom is -0.508 e. The van der Waals surface area contributed by atoms with Crippen LogP contribution in [-0.2, 0) is 0 Å². The fourth-order valence-corrected chi connectivity index (χ4v) is 1.35. The van der Waals surface area contributed by atoms with Gasteiger partial charge in [-0.2, -0.15) is 9.97 Å². The van der Waals surface area contributed by atoms with Crippen LogP contribution in [0.5, 0.6) is 5.75 Å². The van der Waals surface area contributed by atoms with Gasteiger partial charge in [-0.3, -0.25) is 0 Å². The number of rotatable bonds is 3. The summed E-state index contributed by atoms with van der Waals surface area (Å²) in [5, 5.41) is 14.7. The van der Waals surface area contributed by atoms with Gasteiger partial charge in [0.15, 0.2) is 17.3 Å². The molecule has 0 fully saturated rings. The molecule has 18 heavy (non-hydrogen) atoms. The maximum absolute atomic E-state index is 10.7. The van der Waals surface area contributed by atoms with Crippen molar-refractivity contribution in [2.24, 2.45) is 5.18 Å². The molecule has 2 rings (SSSR count). The summed E-state index contributed by atoms with van der Waals surface area (Å²) in [4.78, 5) is 18.1. The molecule has 0 aliphatic rings. The molecule has 8 nitrogen and oxygen atoms in total. The molecule has 0 saturated heterocycles. The Morgan fingerprint density at radius 1 is 1.17 bits per heavy atom. The molecule has 1 aromatic carbocycles. The Hall–Kier alpha value is -2.90. The monoisotopic (exact) mass is 246 g/mol. The highest BCUT2D eigenvalue weighted by molar-refractivity contribution is 5.77. The van der Waals surface area contributed by atoms with Gasteiger partial charge in [-0.15, -0.1) is 4.91 Å². The van der Waals surface area contributed by atoms with Crippen LogP contribution in [0.4, 0.5) is 29.0 Å². The van der Waals surface area contributed by atoms with E-state index in [1.807, 2.05) is 0 Å². The highest BCUT2D eigenvalue weighted by Crippen LogP contribution is 2.31. The van der Waals surface area contributed by atoms with E-state index in [-0.39, 0.29) is 29.0 Å². The first-order valence-corrected chi connectivity index (χ1v) is 4.92. The molecule has 1 heterocycles. The Labute approximate surface area is 102 Å². The lowest BCUT2D eigenvalue weighted by atomic mass is 10.3. The molecule has 0 bridgehead atoms. The lowest BCUT2D eigenvalue weighted by Gasteiger charge is -2.08. The van der Waals surface area contributed by atoms with E-state index in [2.05, 4.69) is 20.5 Å². The summed E-state index contributed by atoms with van der Waals surface area (Å²) in [6.07, 6.45) is 0. The predicted molar refractivity (Wildman–Crippen MR) is 67.7 cm³/mol. The van der Waals surface area contributed by atoms with Gasteiger partial charge in [0.1, 0.15) is 5.75 Å². The van der Waals surface area contributed by atoms with Crippen LogP contribution >= 0.6 is 0 Å². The minimum atomic E-state index is -0.114. The third-order valence-electron chi connectivity index (χ3n) is 2.15. The van der Waals surface area contributed by atoms with E-state index in [9.17, 15) is 4.91 Å².